The fraction of sp³-hybridized carbons (Fsp3) is 0.533. The molecule has 2 rings (SSSR count). The van der Waals surface area contributed by atoms with Crippen molar-refractivity contribution in [1.82, 2.24) is 10.6 Å². The third kappa shape index (κ3) is 4.62. The Morgan fingerprint density at radius 3 is 2.79 bits per heavy atom. The number of piperidine rings is 1. The van der Waals surface area contributed by atoms with Crippen LogP contribution < -0.4 is 10.6 Å². The van der Waals surface area contributed by atoms with Crippen LogP contribution in [0.1, 0.15) is 31.7 Å². The van der Waals surface area contributed by atoms with E-state index in [1.165, 1.54) is 12.0 Å². The Balaban J connectivity index is 1.81. The van der Waals surface area contributed by atoms with Crippen LogP contribution >= 0.6 is 15.9 Å². The molecule has 0 aromatic heterocycles. The molecule has 1 amide bonds. The second-order valence-corrected chi connectivity index (χ2v) is 6.16. The van der Waals surface area contributed by atoms with Crippen molar-refractivity contribution < 1.29 is 4.79 Å². The van der Waals surface area contributed by atoms with Crippen LogP contribution in [0, 0.1) is 0 Å². The fourth-order valence-electron chi connectivity index (χ4n) is 2.44. The molecule has 1 aliphatic heterocycles. The van der Waals surface area contributed by atoms with E-state index in [2.05, 4.69) is 45.6 Å². The highest BCUT2D eigenvalue weighted by atomic mass is 79.9. The molecule has 4 heteroatoms. The molecule has 1 unspecified atom stereocenters. The van der Waals surface area contributed by atoms with Gasteiger partial charge in [-0.3, -0.25) is 4.79 Å². The summed E-state index contributed by atoms with van der Waals surface area (Å²) in [6.45, 7) is 3.02. The van der Waals surface area contributed by atoms with Crippen LogP contribution in [0.4, 0.5) is 0 Å². The Bertz CT molecular complexity index is 413. The summed E-state index contributed by atoms with van der Waals surface area (Å²) in [4.78, 5) is 12.1. The lowest BCUT2D eigenvalue weighted by Crippen LogP contribution is -2.49. The highest BCUT2D eigenvalue weighted by molar-refractivity contribution is 9.10. The summed E-state index contributed by atoms with van der Waals surface area (Å²) in [5.74, 6) is 0.143. The average molecular weight is 325 g/mol. The van der Waals surface area contributed by atoms with Gasteiger partial charge < -0.3 is 10.6 Å². The standard InChI is InChI=1S/C15H21BrN2O/c1-11(10-12-5-7-13(16)8-6-12)18-15(19)14-4-2-3-9-17-14/h5-8,11,14,17H,2-4,9-10H2,1H3,(H,18,19)/t11?,14-/m0/s1. The summed E-state index contributed by atoms with van der Waals surface area (Å²) >= 11 is 3.43. The molecule has 1 heterocycles. The number of amides is 1. The molecule has 104 valence electrons. The minimum Gasteiger partial charge on any atom is -0.352 e. The van der Waals surface area contributed by atoms with Gasteiger partial charge in [0.1, 0.15) is 0 Å². The number of halogens is 1. The van der Waals surface area contributed by atoms with E-state index in [1.54, 1.807) is 0 Å². The van der Waals surface area contributed by atoms with Crippen LogP contribution in [0.5, 0.6) is 0 Å². The molecular weight excluding hydrogens is 304 g/mol. The van der Waals surface area contributed by atoms with Crippen LogP contribution in [0.3, 0.4) is 0 Å². The number of carbonyl (C=O) groups excluding carboxylic acids is 1. The molecule has 0 spiro atoms. The Hall–Kier alpha value is -0.870. The first-order valence-corrected chi connectivity index (χ1v) is 7.72. The van der Waals surface area contributed by atoms with Gasteiger partial charge in [-0.25, -0.2) is 0 Å². The molecule has 0 aliphatic carbocycles. The van der Waals surface area contributed by atoms with E-state index in [9.17, 15) is 4.79 Å². The van der Waals surface area contributed by atoms with Crippen LogP contribution in [0.15, 0.2) is 28.7 Å². The van der Waals surface area contributed by atoms with Gasteiger partial charge in [0.2, 0.25) is 5.91 Å². The molecule has 2 N–H and O–H groups in total. The normalized spacial score (nSPS) is 20.8. The SMILES string of the molecule is CC(Cc1ccc(Br)cc1)NC(=O)[C@@H]1CCCCN1. The summed E-state index contributed by atoms with van der Waals surface area (Å²) in [7, 11) is 0. The van der Waals surface area contributed by atoms with E-state index >= 15 is 0 Å². The Kier molecular flexibility index (Phi) is 5.40. The smallest absolute Gasteiger partial charge is 0.237 e. The molecule has 0 bridgehead atoms. The van der Waals surface area contributed by atoms with E-state index in [1.807, 2.05) is 12.1 Å². The number of carbonyl (C=O) groups is 1. The number of hydrogen-bond donors (Lipinski definition) is 2. The van der Waals surface area contributed by atoms with Gasteiger partial charge in [0, 0.05) is 10.5 Å². The maximum atomic E-state index is 12.1. The van der Waals surface area contributed by atoms with Gasteiger partial charge in [-0.1, -0.05) is 34.5 Å². The van der Waals surface area contributed by atoms with Crippen molar-refractivity contribution in [1.29, 1.82) is 0 Å². The number of hydrogen-bond acceptors (Lipinski definition) is 2. The lowest BCUT2D eigenvalue weighted by Gasteiger charge is -2.24. The summed E-state index contributed by atoms with van der Waals surface area (Å²) in [6.07, 6.45) is 4.15. The molecule has 1 aliphatic rings. The minimum absolute atomic E-state index is 0.00104. The van der Waals surface area contributed by atoms with Crippen molar-refractivity contribution in [3.63, 3.8) is 0 Å². The van der Waals surface area contributed by atoms with Crippen molar-refractivity contribution in [2.75, 3.05) is 6.54 Å². The quantitative estimate of drug-likeness (QED) is 0.894. The minimum atomic E-state index is 0.00104. The molecule has 1 aromatic rings. The monoisotopic (exact) mass is 324 g/mol. The lowest BCUT2D eigenvalue weighted by molar-refractivity contribution is -0.124. The van der Waals surface area contributed by atoms with E-state index < -0.39 is 0 Å². The summed E-state index contributed by atoms with van der Waals surface area (Å²) < 4.78 is 1.08. The van der Waals surface area contributed by atoms with E-state index in [-0.39, 0.29) is 18.0 Å². The molecule has 2 atom stereocenters. The third-order valence-electron chi connectivity index (χ3n) is 3.47. The van der Waals surface area contributed by atoms with Crippen molar-refractivity contribution in [3.8, 4) is 0 Å². The molecule has 1 saturated heterocycles. The summed E-state index contributed by atoms with van der Waals surface area (Å²) in [6, 6.07) is 8.41. The number of nitrogens with one attached hydrogen (secondary N) is 2. The van der Waals surface area contributed by atoms with Crippen molar-refractivity contribution in [2.24, 2.45) is 0 Å². The summed E-state index contributed by atoms with van der Waals surface area (Å²) in [5.41, 5.74) is 1.24. The zero-order valence-corrected chi connectivity index (χ0v) is 12.9. The van der Waals surface area contributed by atoms with Crippen LogP contribution in [-0.2, 0) is 11.2 Å². The van der Waals surface area contributed by atoms with E-state index in [0.29, 0.717) is 0 Å². The van der Waals surface area contributed by atoms with Crippen molar-refractivity contribution >= 4 is 21.8 Å². The van der Waals surface area contributed by atoms with Gasteiger partial charge in [-0.05, 0) is 50.4 Å². The van der Waals surface area contributed by atoms with Gasteiger partial charge in [0.25, 0.3) is 0 Å². The van der Waals surface area contributed by atoms with E-state index in [0.717, 1.165) is 30.3 Å². The first kappa shape index (κ1) is 14.5. The topological polar surface area (TPSA) is 41.1 Å². The molecule has 3 nitrogen and oxygen atoms in total. The largest absolute Gasteiger partial charge is 0.352 e. The molecule has 1 fully saturated rings. The first-order chi connectivity index (χ1) is 9.15. The second kappa shape index (κ2) is 7.06. The molecule has 19 heavy (non-hydrogen) atoms. The highest BCUT2D eigenvalue weighted by Crippen LogP contribution is 2.12. The van der Waals surface area contributed by atoms with Crippen LogP contribution in [0.2, 0.25) is 0 Å². The maximum absolute atomic E-state index is 12.1. The lowest BCUT2D eigenvalue weighted by atomic mass is 10.0. The Labute approximate surface area is 123 Å². The Morgan fingerprint density at radius 1 is 1.42 bits per heavy atom. The van der Waals surface area contributed by atoms with Crippen LogP contribution in [0.25, 0.3) is 0 Å². The highest BCUT2D eigenvalue weighted by Gasteiger charge is 2.21. The van der Waals surface area contributed by atoms with Gasteiger partial charge in [0.15, 0.2) is 0 Å². The van der Waals surface area contributed by atoms with Crippen LogP contribution in [-0.4, -0.2) is 24.5 Å². The van der Waals surface area contributed by atoms with Gasteiger partial charge in [0.05, 0.1) is 6.04 Å². The van der Waals surface area contributed by atoms with Gasteiger partial charge >= 0.3 is 0 Å². The van der Waals surface area contributed by atoms with Crippen molar-refractivity contribution in [2.45, 2.75) is 44.7 Å². The predicted octanol–water partition coefficient (Wildman–Crippen LogP) is 2.64. The van der Waals surface area contributed by atoms with E-state index in [4.69, 9.17) is 0 Å². The molecule has 1 aromatic carbocycles. The average Bonchev–Trinajstić information content (AvgIpc) is 2.42. The van der Waals surface area contributed by atoms with Gasteiger partial charge in [-0.2, -0.15) is 0 Å². The third-order valence-corrected chi connectivity index (χ3v) is 4.00. The maximum Gasteiger partial charge on any atom is 0.237 e. The first-order valence-electron chi connectivity index (χ1n) is 6.93. The number of benzene rings is 1. The molecule has 0 saturated carbocycles. The van der Waals surface area contributed by atoms with Gasteiger partial charge in [-0.15, -0.1) is 0 Å². The zero-order chi connectivity index (χ0) is 13.7. The summed E-state index contributed by atoms with van der Waals surface area (Å²) in [5, 5.41) is 6.38. The predicted molar refractivity (Wildman–Crippen MR) is 81.1 cm³/mol. The second-order valence-electron chi connectivity index (χ2n) is 5.24. The molecule has 0 radical (unpaired) electrons. The zero-order valence-electron chi connectivity index (χ0n) is 11.3. The molecular formula is C15H21BrN2O. The van der Waals surface area contributed by atoms with Crippen molar-refractivity contribution in [3.05, 3.63) is 34.3 Å². The number of rotatable bonds is 4. The fourth-order valence-corrected chi connectivity index (χ4v) is 2.71. The Morgan fingerprint density at radius 2 is 2.16 bits per heavy atom.